The Bertz CT molecular complexity index is 929. The summed E-state index contributed by atoms with van der Waals surface area (Å²) in [6.07, 6.45) is 0.924. The van der Waals surface area contributed by atoms with Crippen LogP contribution in [-0.4, -0.2) is 28.0 Å². The van der Waals surface area contributed by atoms with Crippen molar-refractivity contribution in [1.29, 1.82) is 0 Å². The standard InChI is InChI=1S/C20H20F3N3/c1-25-9-7-19-17(13-25)16-11-15(20(21,22)23)4-5-18(16)26(19)10-6-14-3-2-8-24-12-14/h2-5,8,11-12H,6-7,9-10,13H2,1H3. The minimum atomic E-state index is -4.32. The second-order valence-corrected chi connectivity index (χ2v) is 6.91. The lowest BCUT2D eigenvalue weighted by Crippen LogP contribution is -2.27. The molecule has 0 amide bonds. The van der Waals surface area contributed by atoms with Crippen molar-refractivity contribution in [2.24, 2.45) is 0 Å². The minimum absolute atomic E-state index is 0.578. The summed E-state index contributed by atoms with van der Waals surface area (Å²) in [5, 5.41) is 0.729. The molecule has 0 saturated carbocycles. The van der Waals surface area contributed by atoms with E-state index in [0.717, 1.165) is 48.0 Å². The number of nitrogens with zero attached hydrogens (tertiary/aromatic N) is 3. The van der Waals surface area contributed by atoms with Crippen molar-refractivity contribution in [3.63, 3.8) is 0 Å². The molecule has 0 N–H and O–H groups in total. The molecule has 3 aromatic rings. The average molecular weight is 359 g/mol. The van der Waals surface area contributed by atoms with Crippen molar-refractivity contribution >= 4 is 10.9 Å². The molecule has 1 aliphatic heterocycles. The molecule has 3 heterocycles. The van der Waals surface area contributed by atoms with Crippen LogP contribution in [0.5, 0.6) is 0 Å². The van der Waals surface area contributed by atoms with E-state index in [-0.39, 0.29) is 0 Å². The van der Waals surface area contributed by atoms with Gasteiger partial charge in [0, 0.05) is 55.0 Å². The molecule has 0 unspecified atom stereocenters. The summed E-state index contributed by atoms with van der Waals surface area (Å²) in [6, 6.07) is 8.06. The topological polar surface area (TPSA) is 21.1 Å². The molecular weight excluding hydrogens is 339 g/mol. The summed E-state index contributed by atoms with van der Waals surface area (Å²) >= 11 is 0. The van der Waals surface area contributed by atoms with Crippen molar-refractivity contribution in [2.45, 2.75) is 32.1 Å². The zero-order valence-corrected chi connectivity index (χ0v) is 14.6. The molecule has 0 fully saturated rings. The molecule has 0 spiro atoms. The van der Waals surface area contributed by atoms with Gasteiger partial charge in [0.25, 0.3) is 0 Å². The van der Waals surface area contributed by atoms with Crippen LogP contribution in [0.1, 0.15) is 22.4 Å². The van der Waals surface area contributed by atoms with Crippen LogP contribution in [0.3, 0.4) is 0 Å². The van der Waals surface area contributed by atoms with Crippen LogP contribution in [0.4, 0.5) is 13.2 Å². The van der Waals surface area contributed by atoms with Gasteiger partial charge in [0.15, 0.2) is 0 Å². The van der Waals surface area contributed by atoms with E-state index in [2.05, 4.69) is 14.5 Å². The smallest absolute Gasteiger partial charge is 0.344 e. The molecule has 3 nitrogen and oxygen atoms in total. The van der Waals surface area contributed by atoms with E-state index >= 15 is 0 Å². The Morgan fingerprint density at radius 3 is 2.77 bits per heavy atom. The Kier molecular flexibility index (Phi) is 4.23. The molecular formula is C20H20F3N3. The summed E-state index contributed by atoms with van der Waals surface area (Å²) in [7, 11) is 2.01. The molecule has 26 heavy (non-hydrogen) atoms. The number of aromatic nitrogens is 2. The third-order valence-corrected chi connectivity index (χ3v) is 5.12. The Hall–Kier alpha value is -2.34. The first kappa shape index (κ1) is 17.1. The van der Waals surface area contributed by atoms with Gasteiger partial charge in [-0.3, -0.25) is 4.98 Å². The zero-order chi connectivity index (χ0) is 18.3. The van der Waals surface area contributed by atoms with E-state index < -0.39 is 11.7 Å². The quantitative estimate of drug-likeness (QED) is 0.696. The second-order valence-electron chi connectivity index (χ2n) is 6.91. The average Bonchev–Trinajstić information content (AvgIpc) is 2.92. The summed E-state index contributed by atoms with van der Waals surface area (Å²) in [5.74, 6) is 0. The van der Waals surface area contributed by atoms with Gasteiger partial charge >= 0.3 is 6.18 Å². The molecule has 0 radical (unpaired) electrons. The van der Waals surface area contributed by atoms with E-state index in [1.54, 1.807) is 12.3 Å². The summed E-state index contributed by atoms with van der Waals surface area (Å²) < 4.78 is 41.7. The number of hydrogen-bond acceptors (Lipinski definition) is 2. The third-order valence-electron chi connectivity index (χ3n) is 5.12. The van der Waals surface area contributed by atoms with Crippen LogP contribution in [0, 0.1) is 0 Å². The Morgan fingerprint density at radius 1 is 1.19 bits per heavy atom. The molecule has 2 aromatic heterocycles. The fourth-order valence-electron chi connectivity index (χ4n) is 3.80. The van der Waals surface area contributed by atoms with Crippen molar-refractivity contribution in [1.82, 2.24) is 14.5 Å². The van der Waals surface area contributed by atoms with Crippen LogP contribution in [0.2, 0.25) is 0 Å². The highest BCUT2D eigenvalue weighted by Gasteiger charge is 2.32. The van der Waals surface area contributed by atoms with Gasteiger partial charge in [-0.1, -0.05) is 6.07 Å². The predicted octanol–water partition coefficient (Wildman–Crippen LogP) is 4.29. The summed E-state index contributed by atoms with van der Waals surface area (Å²) in [4.78, 5) is 6.30. The molecule has 136 valence electrons. The highest BCUT2D eigenvalue weighted by molar-refractivity contribution is 5.86. The van der Waals surface area contributed by atoms with E-state index in [4.69, 9.17) is 0 Å². The van der Waals surface area contributed by atoms with E-state index in [1.165, 1.54) is 17.8 Å². The maximum Gasteiger partial charge on any atom is 0.416 e. The first-order valence-electron chi connectivity index (χ1n) is 8.72. The number of fused-ring (bicyclic) bond motifs is 3. The van der Waals surface area contributed by atoms with Gasteiger partial charge in [-0.2, -0.15) is 13.2 Å². The summed E-state index contributed by atoms with van der Waals surface area (Å²) in [5.41, 5.74) is 3.64. The number of benzene rings is 1. The zero-order valence-electron chi connectivity index (χ0n) is 14.6. The number of alkyl halides is 3. The largest absolute Gasteiger partial charge is 0.416 e. The maximum atomic E-state index is 13.2. The Morgan fingerprint density at radius 2 is 2.04 bits per heavy atom. The Balaban J connectivity index is 1.79. The van der Waals surface area contributed by atoms with Crippen molar-refractivity contribution in [2.75, 3.05) is 13.6 Å². The first-order valence-corrected chi connectivity index (χ1v) is 8.72. The fraction of sp³-hybridized carbons (Fsp3) is 0.350. The van der Waals surface area contributed by atoms with Gasteiger partial charge in [-0.25, -0.2) is 0 Å². The Labute approximate surface area is 150 Å². The minimum Gasteiger partial charge on any atom is -0.344 e. The summed E-state index contributed by atoms with van der Waals surface area (Å²) in [6.45, 7) is 2.35. The van der Waals surface area contributed by atoms with Crippen LogP contribution in [0.15, 0.2) is 42.7 Å². The van der Waals surface area contributed by atoms with Crippen molar-refractivity contribution in [3.8, 4) is 0 Å². The molecule has 1 aliphatic rings. The number of aryl methyl sites for hydroxylation is 2. The van der Waals surface area contributed by atoms with Crippen LogP contribution in [-0.2, 0) is 32.1 Å². The lowest BCUT2D eigenvalue weighted by atomic mass is 10.0. The van der Waals surface area contributed by atoms with Gasteiger partial charge in [0.05, 0.1) is 5.56 Å². The van der Waals surface area contributed by atoms with Gasteiger partial charge in [0.2, 0.25) is 0 Å². The van der Waals surface area contributed by atoms with E-state index in [9.17, 15) is 13.2 Å². The molecule has 0 bridgehead atoms. The van der Waals surface area contributed by atoms with Gasteiger partial charge in [0.1, 0.15) is 0 Å². The number of pyridine rings is 1. The van der Waals surface area contributed by atoms with Gasteiger partial charge < -0.3 is 9.47 Å². The molecule has 0 aliphatic carbocycles. The monoisotopic (exact) mass is 359 g/mol. The van der Waals surface area contributed by atoms with Crippen molar-refractivity contribution < 1.29 is 13.2 Å². The lowest BCUT2D eigenvalue weighted by Gasteiger charge is -2.24. The number of halogens is 3. The number of rotatable bonds is 3. The molecule has 1 aromatic carbocycles. The molecule has 0 atom stereocenters. The van der Waals surface area contributed by atoms with E-state index in [0.29, 0.717) is 6.54 Å². The third kappa shape index (κ3) is 3.09. The molecule has 4 rings (SSSR count). The second kappa shape index (κ2) is 6.43. The number of likely N-dealkylation sites (N-methyl/N-ethyl adjacent to an activating group) is 1. The first-order chi connectivity index (χ1) is 12.4. The van der Waals surface area contributed by atoms with Crippen LogP contribution in [0.25, 0.3) is 10.9 Å². The highest BCUT2D eigenvalue weighted by atomic mass is 19.4. The SMILES string of the molecule is CN1CCc2c(c3cc(C(F)(F)F)ccc3n2CCc2cccnc2)C1. The lowest BCUT2D eigenvalue weighted by molar-refractivity contribution is -0.137. The van der Waals surface area contributed by atoms with Crippen molar-refractivity contribution in [3.05, 3.63) is 65.1 Å². The molecule has 0 saturated heterocycles. The maximum absolute atomic E-state index is 13.2. The number of hydrogen-bond donors (Lipinski definition) is 0. The molecule has 6 heteroatoms. The van der Waals surface area contributed by atoms with Crippen LogP contribution >= 0.6 is 0 Å². The van der Waals surface area contributed by atoms with Gasteiger partial charge in [-0.15, -0.1) is 0 Å². The highest BCUT2D eigenvalue weighted by Crippen LogP contribution is 2.36. The predicted molar refractivity (Wildman–Crippen MR) is 94.9 cm³/mol. The fourth-order valence-corrected chi connectivity index (χ4v) is 3.80. The van der Waals surface area contributed by atoms with Crippen LogP contribution < -0.4 is 0 Å². The normalized spacial score (nSPS) is 15.4. The van der Waals surface area contributed by atoms with E-state index in [1.807, 2.05) is 25.4 Å². The van der Waals surface area contributed by atoms with Gasteiger partial charge in [-0.05, 0) is 48.9 Å².